The van der Waals surface area contributed by atoms with Crippen LogP contribution >= 0.6 is 12.4 Å². The van der Waals surface area contributed by atoms with Gasteiger partial charge in [-0.05, 0) is 31.3 Å². The van der Waals surface area contributed by atoms with Gasteiger partial charge in [0.05, 0.1) is 6.26 Å². The lowest BCUT2D eigenvalue weighted by atomic mass is 9.89. The first kappa shape index (κ1) is 17.2. The van der Waals surface area contributed by atoms with Crippen molar-refractivity contribution in [2.75, 3.05) is 52.1 Å². The molecule has 0 aromatic heterocycles. The van der Waals surface area contributed by atoms with Crippen molar-refractivity contribution in [2.24, 2.45) is 5.41 Å². The van der Waals surface area contributed by atoms with Crippen LogP contribution in [-0.2, 0) is 10.0 Å². The smallest absolute Gasteiger partial charge is 0.211 e. The van der Waals surface area contributed by atoms with Crippen LogP contribution in [-0.4, -0.2) is 69.7 Å². The lowest BCUT2D eigenvalue weighted by Gasteiger charge is -2.31. The van der Waals surface area contributed by atoms with E-state index < -0.39 is 10.0 Å². The van der Waals surface area contributed by atoms with E-state index in [1.165, 1.54) is 12.7 Å². The molecule has 2 saturated heterocycles. The molecule has 0 aliphatic carbocycles. The summed E-state index contributed by atoms with van der Waals surface area (Å²) in [6.45, 7) is 8.79. The molecule has 114 valence electrons. The van der Waals surface area contributed by atoms with Gasteiger partial charge in [0, 0.05) is 32.7 Å². The predicted molar refractivity (Wildman–Crippen MR) is 80.3 cm³/mol. The molecule has 0 spiro atoms. The number of nitrogens with zero attached hydrogens (tertiary/aromatic N) is 2. The van der Waals surface area contributed by atoms with Crippen molar-refractivity contribution >= 4 is 22.4 Å². The molecule has 2 heterocycles. The highest BCUT2D eigenvalue weighted by Gasteiger charge is 2.31. The minimum atomic E-state index is -3.02. The van der Waals surface area contributed by atoms with E-state index >= 15 is 0 Å². The van der Waals surface area contributed by atoms with Crippen LogP contribution in [0.5, 0.6) is 0 Å². The molecule has 2 rings (SSSR count). The Kier molecular flexibility index (Phi) is 6.07. The average molecular weight is 312 g/mol. The van der Waals surface area contributed by atoms with Crippen LogP contribution in [0.2, 0.25) is 0 Å². The molecule has 5 nitrogen and oxygen atoms in total. The standard InChI is InChI=1S/C12H25N3O2S.ClH/c1-12(4-5-13-10-12)11-14-6-3-7-15(9-8-14)18(2,16)17;/h13H,3-11H2,1-2H3;1H. The minimum absolute atomic E-state index is 0. The van der Waals surface area contributed by atoms with Crippen molar-refractivity contribution in [1.82, 2.24) is 14.5 Å². The average Bonchev–Trinajstić information content (AvgIpc) is 2.54. The number of halogens is 1. The van der Waals surface area contributed by atoms with E-state index in [1.54, 1.807) is 4.31 Å². The normalized spacial score (nSPS) is 30.8. The Balaban J connectivity index is 0.00000180. The largest absolute Gasteiger partial charge is 0.316 e. The molecule has 1 atom stereocenters. The van der Waals surface area contributed by atoms with E-state index in [4.69, 9.17) is 0 Å². The maximum Gasteiger partial charge on any atom is 0.211 e. The fourth-order valence-electron chi connectivity index (χ4n) is 2.98. The minimum Gasteiger partial charge on any atom is -0.316 e. The second-order valence-electron chi connectivity index (χ2n) is 6.03. The predicted octanol–water partition coefficient (Wildman–Crippen LogP) is 0.375. The monoisotopic (exact) mass is 311 g/mol. The molecular formula is C12H26ClN3O2S. The van der Waals surface area contributed by atoms with Crippen LogP contribution in [0.15, 0.2) is 0 Å². The number of rotatable bonds is 3. The van der Waals surface area contributed by atoms with Crippen molar-refractivity contribution in [3.63, 3.8) is 0 Å². The molecule has 2 fully saturated rings. The van der Waals surface area contributed by atoms with Gasteiger partial charge in [-0.15, -0.1) is 12.4 Å². The molecule has 0 bridgehead atoms. The molecule has 7 heteroatoms. The van der Waals surface area contributed by atoms with E-state index in [9.17, 15) is 8.42 Å². The van der Waals surface area contributed by atoms with E-state index in [0.717, 1.165) is 39.1 Å². The highest BCUT2D eigenvalue weighted by atomic mass is 35.5. The van der Waals surface area contributed by atoms with Crippen LogP contribution < -0.4 is 5.32 Å². The number of nitrogens with one attached hydrogen (secondary N) is 1. The molecule has 0 aromatic rings. The summed E-state index contributed by atoms with van der Waals surface area (Å²) in [7, 11) is -3.02. The summed E-state index contributed by atoms with van der Waals surface area (Å²) >= 11 is 0. The zero-order valence-electron chi connectivity index (χ0n) is 11.9. The summed E-state index contributed by atoms with van der Waals surface area (Å²) in [6, 6.07) is 0. The molecule has 0 radical (unpaired) electrons. The van der Waals surface area contributed by atoms with E-state index in [-0.39, 0.29) is 12.4 Å². The lowest BCUT2D eigenvalue weighted by Crippen LogP contribution is -2.40. The van der Waals surface area contributed by atoms with Gasteiger partial charge in [-0.2, -0.15) is 0 Å². The number of hydrogen-bond donors (Lipinski definition) is 1. The van der Waals surface area contributed by atoms with Gasteiger partial charge in [-0.25, -0.2) is 12.7 Å². The first-order valence-corrected chi connectivity index (χ1v) is 8.62. The van der Waals surface area contributed by atoms with Crippen molar-refractivity contribution in [2.45, 2.75) is 19.8 Å². The number of sulfonamides is 1. The molecule has 19 heavy (non-hydrogen) atoms. The summed E-state index contributed by atoms with van der Waals surface area (Å²) in [5.74, 6) is 0. The van der Waals surface area contributed by atoms with Crippen molar-refractivity contribution in [1.29, 1.82) is 0 Å². The van der Waals surface area contributed by atoms with Crippen LogP contribution in [0.1, 0.15) is 19.8 Å². The Morgan fingerprint density at radius 1 is 1.21 bits per heavy atom. The first-order valence-electron chi connectivity index (χ1n) is 6.77. The SMILES string of the molecule is CC1(CN2CCCN(S(C)(=O)=O)CC2)CCNC1.Cl. The highest BCUT2D eigenvalue weighted by molar-refractivity contribution is 7.88. The van der Waals surface area contributed by atoms with Crippen molar-refractivity contribution in [3.05, 3.63) is 0 Å². The van der Waals surface area contributed by atoms with Gasteiger partial charge in [0.15, 0.2) is 0 Å². The van der Waals surface area contributed by atoms with Gasteiger partial charge in [0.25, 0.3) is 0 Å². The fraction of sp³-hybridized carbons (Fsp3) is 1.00. The molecule has 1 N–H and O–H groups in total. The molecule has 1 unspecified atom stereocenters. The third kappa shape index (κ3) is 4.86. The fourth-order valence-corrected chi connectivity index (χ4v) is 3.85. The van der Waals surface area contributed by atoms with Crippen molar-refractivity contribution < 1.29 is 8.42 Å². The Hall–Kier alpha value is 0.120. The summed E-state index contributed by atoms with van der Waals surface area (Å²) in [4.78, 5) is 2.43. The van der Waals surface area contributed by atoms with E-state index in [2.05, 4.69) is 17.1 Å². The Bertz CT molecular complexity index is 382. The first-order chi connectivity index (χ1) is 8.39. The van der Waals surface area contributed by atoms with Crippen LogP contribution in [0.4, 0.5) is 0 Å². The Labute approximate surface area is 123 Å². The second kappa shape index (κ2) is 6.72. The summed E-state index contributed by atoms with van der Waals surface area (Å²) in [5.41, 5.74) is 0.361. The van der Waals surface area contributed by atoms with Crippen LogP contribution in [0.3, 0.4) is 0 Å². The topological polar surface area (TPSA) is 52.7 Å². The van der Waals surface area contributed by atoms with Gasteiger partial charge >= 0.3 is 0 Å². The van der Waals surface area contributed by atoms with Gasteiger partial charge in [0.2, 0.25) is 10.0 Å². The molecule has 2 aliphatic rings. The third-order valence-electron chi connectivity index (χ3n) is 4.08. The molecule has 0 aromatic carbocycles. The van der Waals surface area contributed by atoms with Crippen molar-refractivity contribution in [3.8, 4) is 0 Å². The molecule has 0 amide bonds. The highest BCUT2D eigenvalue weighted by Crippen LogP contribution is 2.26. The van der Waals surface area contributed by atoms with Crippen LogP contribution in [0.25, 0.3) is 0 Å². The van der Waals surface area contributed by atoms with Crippen LogP contribution in [0, 0.1) is 5.41 Å². The van der Waals surface area contributed by atoms with Gasteiger partial charge in [-0.3, -0.25) is 0 Å². The maximum absolute atomic E-state index is 11.6. The molecular weight excluding hydrogens is 286 g/mol. The quantitative estimate of drug-likeness (QED) is 0.818. The Morgan fingerprint density at radius 3 is 2.53 bits per heavy atom. The van der Waals surface area contributed by atoms with Gasteiger partial charge in [-0.1, -0.05) is 6.92 Å². The van der Waals surface area contributed by atoms with Gasteiger partial charge < -0.3 is 10.2 Å². The summed E-state index contributed by atoms with van der Waals surface area (Å²) in [5, 5.41) is 3.42. The van der Waals surface area contributed by atoms with Gasteiger partial charge in [0.1, 0.15) is 0 Å². The molecule has 0 saturated carbocycles. The van der Waals surface area contributed by atoms with E-state index in [0.29, 0.717) is 18.5 Å². The third-order valence-corrected chi connectivity index (χ3v) is 5.38. The zero-order chi connectivity index (χ0) is 13.2. The lowest BCUT2D eigenvalue weighted by molar-refractivity contribution is 0.184. The molecule has 2 aliphatic heterocycles. The summed E-state index contributed by atoms with van der Waals surface area (Å²) < 4.78 is 24.7. The maximum atomic E-state index is 11.6. The summed E-state index contributed by atoms with van der Waals surface area (Å²) in [6.07, 6.45) is 3.47. The van der Waals surface area contributed by atoms with E-state index in [1.807, 2.05) is 0 Å². The zero-order valence-corrected chi connectivity index (χ0v) is 13.5. The number of hydrogen-bond acceptors (Lipinski definition) is 4. The Morgan fingerprint density at radius 2 is 1.95 bits per heavy atom. The second-order valence-corrected chi connectivity index (χ2v) is 8.01.